The molecule has 0 saturated heterocycles. The second kappa shape index (κ2) is 6.43. The molecule has 0 amide bonds. The Labute approximate surface area is 146 Å². The zero-order chi connectivity index (χ0) is 17.2. The lowest BCUT2D eigenvalue weighted by atomic mass is 10.1. The van der Waals surface area contributed by atoms with Crippen LogP contribution in [-0.2, 0) is 13.1 Å². The highest BCUT2D eigenvalue weighted by atomic mass is 16.4. The van der Waals surface area contributed by atoms with E-state index in [0.29, 0.717) is 12.6 Å². The average Bonchev–Trinajstić information content (AvgIpc) is 3.16. The van der Waals surface area contributed by atoms with Crippen LogP contribution < -0.4 is 5.32 Å². The molecular weight excluding hydrogens is 312 g/mol. The van der Waals surface area contributed by atoms with E-state index in [9.17, 15) is 0 Å². The van der Waals surface area contributed by atoms with E-state index >= 15 is 0 Å². The van der Waals surface area contributed by atoms with Gasteiger partial charge in [0.25, 0.3) is 6.01 Å². The predicted octanol–water partition coefficient (Wildman–Crippen LogP) is 4.30. The first-order chi connectivity index (χ1) is 12.2. The highest BCUT2D eigenvalue weighted by Crippen LogP contribution is 2.19. The van der Waals surface area contributed by atoms with Gasteiger partial charge in [0.2, 0.25) is 0 Å². The van der Waals surface area contributed by atoms with Gasteiger partial charge in [-0.2, -0.15) is 10.1 Å². The Bertz CT molecular complexity index is 982. The van der Waals surface area contributed by atoms with Gasteiger partial charge in [0.05, 0.1) is 12.2 Å². The van der Waals surface area contributed by atoms with Crippen LogP contribution >= 0.6 is 0 Å². The molecule has 0 fully saturated rings. The lowest BCUT2D eigenvalue weighted by Gasteiger charge is -2.07. The van der Waals surface area contributed by atoms with Crippen molar-refractivity contribution in [2.24, 2.45) is 0 Å². The predicted molar refractivity (Wildman–Crippen MR) is 98.6 cm³/mol. The van der Waals surface area contributed by atoms with Gasteiger partial charge in [-0.1, -0.05) is 36.4 Å². The fraction of sp³-hybridized carbons (Fsp3) is 0.200. The Morgan fingerprint density at radius 3 is 2.64 bits per heavy atom. The maximum absolute atomic E-state index is 5.70. The Morgan fingerprint density at radius 2 is 1.84 bits per heavy atom. The van der Waals surface area contributed by atoms with Crippen molar-refractivity contribution in [3.8, 4) is 0 Å². The van der Waals surface area contributed by atoms with Crippen molar-refractivity contribution in [1.29, 1.82) is 0 Å². The van der Waals surface area contributed by atoms with Gasteiger partial charge in [0.15, 0.2) is 5.58 Å². The van der Waals surface area contributed by atoms with Gasteiger partial charge < -0.3 is 9.73 Å². The largest absolute Gasteiger partial charge is 0.424 e. The molecule has 0 saturated carbocycles. The summed E-state index contributed by atoms with van der Waals surface area (Å²) in [4.78, 5) is 4.44. The molecule has 0 spiro atoms. The number of para-hydroxylation sites is 2. The standard InChI is InChI=1S/C20H20N4O/c1-14-10-15(2)24(23-14)13-17-7-5-6-16(11-17)12-21-20-22-18-8-3-4-9-19(18)25-20/h3-11H,12-13H2,1-2H3,(H,21,22). The van der Waals surface area contributed by atoms with Crippen LogP contribution in [0.5, 0.6) is 0 Å². The molecule has 25 heavy (non-hydrogen) atoms. The van der Waals surface area contributed by atoms with E-state index in [1.54, 1.807) is 0 Å². The quantitative estimate of drug-likeness (QED) is 0.592. The van der Waals surface area contributed by atoms with Crippen molar-refractivity contribution in [3.63, 3.8) is 0 Å². The average molecular weight is 332 g/mol. The van der Waals surface area contributed by atoms with Crippen LogP contribution in [0.15, 0.2) is 59.0 Å². The topological polar surface area (TPSA) is 55.9 Å². The molecular formula is C20H20N4O. The Kier molecular flexibility index (Phi) is 3.98. The minimum Gasteiger partial charge on any atom is -0.424 e. The van der Waals surface area contributed by atoms with E-state index in [1.165, 1.54) is 16.8 Å². The maximum Gasteiger partial charge on any atom is 0.295 e. The molecule has 2 heterocycles. The van der Waals surface area contributed by atoms with Crippen molar-refractivity contribution < 1.29 is 4.42 Å². The summed E-state index contributed by atoms with van der Waals surface area (Å²) in [5.41, 5.74) is 6.29. The zero-order valence-electron chi connectivity index (χ0n) is 14.4. The number of aryl methyl sites for hydroxylation is 2. The van der Waals surface area contributed by atoms with Crippen LogP contribution in [0.2, 0.25) is 0 Å². The van der Waals surface area contributed by atoms with Crippen molar-refractivity contribution in [2.75, 3.05) is 5.32 Å². The summed E-state index contributed by atoms with van der Waals surface area (Å²) in [5.74, 6) is 0. The van der Waals surface area contributed by atoms with Gasteiger partial charge in [-0.05, 0) is 43.2 Å². The first-order valence-corrected chi connectivity index (χ1v) is 8.36. The molecule has 2 aromatic carbocycles. The fourth-order valence-electron chi connectivity index (χ4n) is 2.97. The molecule has 0 aliphatic rings. The summed E-state index contributed by atoms with van der Waals surface area (Å²) in [6.45, 7) is 5.54. The molecule has 0 aliphatic carbocycles. The number of fused-ring (bicyclic) bond motifs is 1. The third-order valence-corrected chi connectivity index (χ3v) is 4.16. The van der Waals surface area contributed by atoms with Crippen LogP contribution in [0.1, 0.15) is 22.5 Å². The van der Waals surface area contributed by atoms with E-state index in [0.717, 1.165) is 23.3 Å². The van der Waals surface area contributed by atoms with Gasteiger partial charge in [0.1, 0.15) is 5.52 Å². The van der Waals surface area contributed by atoms with Gasteiger partial charge in [-0.15, -0.1) is 0 Å². The van der Waals surface area contributed by atoms with Gasteiger partial charge >= 0.3 is 0 Å². The minimum absolute atomic E-state index is 0.546. The third-order valence-electron chi connectivity index (χ3n) is 4.16. The molecule has 0 bridgehead atoms. The molecule has 1 N–H and O–H groups in total. The maximum atomic E-state index is 5.70. The van der Waals surface area contributed by atoms with Gasteiger partial charge in [-0.3, -0.25) is 4.68 Å². The first kappa shape index (κ1) is 15.4. The number of benzene rings is 2. The highest BCUT2D eigenvalue weighted by molar-refractivity contribution is 5.74. The number of nitrogens with zero attached hydrogens (tertiary/aromatic N) is 3. The molecule has 0 radical (unpaired) electrons. The number of hydrogen-bond acceptors (Lipinski definition) is 4. The number of hydrogen-bond donors (Lipinski definition) is 1. The van der Waals surface area contributed by atoms with Crippen LogP contribution in [0.3, 0.4) is 0 Å². The fourth-order valence-corrected chi connectivity index (χ4v) is 2.97. The summed E-state index contributed by atoms with van der Waals surface area (Å²) in [7, 11) is 0. The smallest absolute Gasteiger partial charge is 0.295 e. The Balaban J connectivity index is 1.46. The molecule has 4 aromatic rings. The van der Waals surface area contributed by atoms with E-state index in [2.05, 4.69) is 52.7 Å². The number of nitrogens with one attached hydrogen (secondary N) is 1. The number of rotatable bonds is 5. The highest BCUT2D eigenvalue weighted by Gasteiger charge is 2.06. The van der Waals surface area contributed by atoms with Crippen molar-refractivity contribution in [2.45, 2.75) is 26.9 Å². The summed E-state index contributed by atoms with van der Waals surface area (Å²) in [5, 5.41) is 7.79. The summed E-state index contributed by atoms with van der Waals surface area (Å²) < 4.78 is 7.73. The second-order valence-electron chi connectivity index (χ2n) is 6.24. The number of anilines is 1. The monoisotopic (exact) mass is 332 g/mol. The zero-order valence-corrected chi connectivity index (χ0v) is 14.4. The van der Waals surface area contributed by atoms with Crippen molar-refractivity contribution in [1.82, 2.24) is 14.8 Å². The van der Waals surface area contributed by atoms with E-state index in [-0.39, 0.29) is 0 Å². The van der Waals surface area contributed by atoms with Crippen LogP contribution in [0, 0.1) is 13.8 Å². The minimum atomic E-state index is 0.546. The molecule has 2 aromatic heterocycles. The lowest BCUT2D eigenvalue weighted by molar-refractivity contribution is 0.614. The Morgan fingerprint density at radius 1 is 1.00 bits per heavy atom. The summed E-state index contributed by atoms with van der Waals surface area (Å²) >= 11 is 0. The normalized spacial score (nSPS) is 11.1. The SMILES string of the molecule is Cc1cc(C)n(Cc2cccc(CNc3nc4ccccc4o3)c2)n1. The third kappa shape index (κ3) is 3.40. The molecule has 0 unspecified atom stereocenters. The number of oxazole rings is 1. The molecule has 0 aliphatic heterocycles. The Hall–Kier alpha value is -3.08. The molecule has 126 valence electrons. The molecule has 5 heteroatoms. The van der Waals surface area contributed by atoms with Crippen LogP contribution in [-0.4, -0.2) is 14.8 Å². The van der Waals surface area contributed by atoms with Crippen LogP contribution in [0.25, 0.3) is 11.1 Å². The lowest BCUT2D eigenvalue weighted by Crippen LogP contribution is -2.05. The van der Waals surface area contributed by atoms with Gasteiger partial charge in [-0.25, -0.2) is 0 Å². The molecule has 4 rings (SSSR count). The molecule has 0 atom stereocenters. The molecule has 5 nitrogen and oxygen atoms in total. The second-order valence-corrected chi connectivity index (χ2v) is 6.24. The van der Waals surface area contributed by atoms with Crippen LogP contribution in [0.4, 0.5) is 6.01 Å². The van der Waals surface area contributed by atoms with E-state index in [4.69, 9.17) is 4.42 Å². The van der Waals surface area contributed by atoms with Gasteiger partial charge in [0, 0.05) is 12.2 Å². The van der Waals surface area contributed by atoms with Crippen molar-refractivity contribution in [3.05, 3.63) is 77.1 Å². The summed E-state index contributed by atoms with van der Waals surface area (Å²) in [6, 6.07) is 18.9. The van der Waals surface area contributed by atoms with Crippen molar-refractivity contribution >= 4 is 17.1 Å². The van der Waals surface area contributed by atoms with E-state index in [1.807, 2.05) is 35.9 Å². The summed E-state index contributed by atoms with van der Waals surface area (Å²) in [6.07, 6.45) is 0. The number of aromatic nitrogens is 3. The van der Waals surface area contributed by atoms with E-state index < -0.39 is 0 Å². The first-order valence-electron chi connectivity index (χ1n) is 8.36.